The summed E-state index contributed by atoms with van der Waals surface area (Å²) >= 11 is 0. The molecule has 0 fully saturated rings. The van der Waals surface area contributed by atoms with E-state index in [1.807, 2.05) is 0 Å². The highest BCUT2D eigenvalue weighted by Crippen LogP contribution is 2.12. The molecule has 0 bridgehead atoms. The number of rotatable bonds is 8. The summed E-state index contributed by atoms with van der Waals surface area (Å²) < 4.78 is 0. The lowest BCUT2D eigenvalue weighted by atomic mass is 10.0. The number of hydrogen-bond acceptors (Lipinski definition) is 0. The monoisotopic (exact) mass is 215 g/mol. The third-order valence-corrected chi connectivity index (χ3v) is 3.01. The number of benzene rings is 1. The van der Waals surface area contributed by atoms with E-state index in [2.05, 4.69) is 37.3 Å². The summed E-state index contributed by atoms with van der Waals surface area (Å²) in [5.41, 5.74) is 2.62. The lowest BCUT2D eigenvalue weighted by molar-refractivity contribution is 0.634. The maximum absolute atomic E-state index is 5.80. The molecule has 0 aliphatic heterocycles. The van der Waals surface area contributed by atoms with E-state index in [1.165, 1.54) is 37.7 Å². The molecule has 1 aromatic carbocycles. The van der Waals surface area contributed by atoms with Gasteiger partial charge < -0.3 is 0 Å². The molecule has 0 aromatic heterocycles. The summed E-state index contributed by atoms with van der Waals surface area (Å²) in [6.45, 7) is 7.93. The quantitative estimate of drug-likeness (QED) is 0.538. The Morgan fingerprint density at radius 3 is 2.38 bits per heavy atom. The third-order valence-electron chi connectivity index (χ3n) is 3.01. The second-order valence-electron chi connectivity index (χ2n) is 4.41. The van der Waals surface area contributed by atoms with Crippen LogP contribution in [0.2, 0.25) is 0 Å². The minimum absolute atomic E-state index is 1.03. The van der Waals surface area contributed by atoms with Crippen molar-refractivity contribution in [2.45, 2.75) is 51.9 Å². The Morgan fingerprint density at radius 2 is 1.69 bits per heavy atom. The van der Waals surface area contributed by atoms with Crippen molar-refractivity contribution in [2.75, 3.05) is 0 Å². The molecule has 0 unspecified atom stereocenters. The average molecular weight is 215 g/mol. The minimum Gasteiger partial charge on any atom is -0.0705 e. The van der Waals surface area contributed by atoms with E-state index in [9.17, 15) is 0 Å². The van der Waals surface area contributed by atoms with Gasteiger partial charge in [-0.15, -0.1) is 0 Å². The molecule has 0 amide bonds. The lowest BCUT2D eigenvalue weighted by Gasteiger charge is -2.03. The first-order chi connectivity index (χ1) is 7.83. The van der Waals surface area contributed by atoms with Gasteiger partial charge in [-0.3, -0.25) is 0 Å². The Hall–Kier alpha value is -1.04. The zero-order chi connectivity index (χ0) is 11.6. The van der Waals surface area contributed by atoms with Crippen molar-refractivity contribution in [3.8, 4) is 0 Å². The number of aryl methyl sites for hydroxylation is 1. The minimum atomic E-state index is 1.03. The zero-order valence-electron chi connectivity index (χ0n) is 10.4. The van der Waals surface area contributed by atoms with E-state index in [-0.39, 0.29) is 0 Å². The summed E-state index contributed by atoms with van der Waals surface area (Å²) in [7, 11) is 0. The predicted octanol–water partition coefficient (Wildman–Crippen LogP) is 4.95. The van der Waals surface area contributed by atoms with Crippen LogP contribution in [0.5, 0.6) is 0 Å². The van der Waals surface area contributed by atoms with Gasteiger partial charge in [0.2, 0.25) is 0 Å². The first kappa shape index (κ1) is 13.0. The molecule has 0 spiro atoms. The first-order valence-corrected chi connectivity index (χ1v) is 6.47. The Morgan fingerprint density at radius 1 is 1.00 bits per heavy atom. The maximum atomic E-state index is 5.80. The van der Waals surface area contributed by atoms with Crippen molar-refractivity contribution in [1.82, 2.24) is 0 Å². The zero-order valence-corrected chi connectivity index (χ0v) is 10.4. The van der Waals surface area contributed by atoms with Gasteiger partial charge in [0.1, 0.15) is 0 Å². The van der Waals surface area contributed by atoms with Crippen LogP contribution < -0.4 is 0 Å². The van der Waals surface area contributed by atoms with Crippen LogP contribution in [-0.4, -0.2) is 0 Å². The molecule has 1 aromatic rings. The highest BCUT2D eigenvalue weighted by Gasteiger charge is 1.94. The van der Waals surface area contributed by atoms with Crippen molar-refractivity contribution >= 4 is 0 Å². The third kappa shape index (κ3) is 5.75. The van der Waals surface area contributed by atoms with Crippen LogP contribution in [0.4, 0.5) is 0 Å². The van der Waals surface area contributed by atoms with E-state index < -0.39 is 0 Å². The summed E-state index contributed by atoms with van der Waals surface area (Å²) in [5.74, 6) is 0. The fraction of sp³-hybridized carbons (Fsp3) is 0.500. The van der Waals surface area contributed by atoms with Crippen LogP contribution >= 0.6 is 0 Å². The van der Waals surface area contributed by atoms with Crippen LogP contribution in [0, 0.1) is 6.58 Å². The summed E-state index contributed by atoms with van der Waals surface area (Å²) in [6.07, 6.45) is 8.56. The smallest absolute Gasteiger partial charge is 0.0279 e. The summed E-state index contributed by atoms with van der Waals surface area (Å²) in [4.78, 5) is 0. The highest BCUT2D eigenvalue weighted by molar-refractivity contribution is 5.14. The maximum Gasteiger partial charge on any atom is -0.0279 e. The Balaban J connectivity index is 1.98. The molecule has 0 aliphatic rings. The molecule has 0 heterocycles. The van der Waals surface area contributed by atoms with Crippen LogP contribution in [0.3, 0.4) is 0 Å². The molecule has 16 heavy (non-hydrogen) atoms. The van der Waals surface area contributed by atoms with Crippen LogP contribution in [0.1, 0.15) is 51.0 Å². The van der Waals surface area contributed by atoms with Crippen LogP contribution in [0.25, 0.3) is 0 Å². The molecule has 0 heteroatoms. The fourth-order valence-corrected chi connectivity index (χ4v) is 1.86. The molecular formula is C16H23. The molecule has 0 nitrogen and oxygen atoms in total. The van der Waals surface area contributed by atoms with Crippen LogP contribution in [-0.2, 0) is 6.42 Å². The molecule has 87 valence electrons. The van der Waals surface area contributed by atoms with Gasteiger partial charge in [0.25, 0.3) is 0 Å². The molecule has 1 rings (SSSR count). The Labute approximate surface area is 100 Å². The predicted molar refractivity (Wildman–Crippen MR) is 71.3 cm³/mol. The molecule has 0 aliphatic carbocycles. The summed E-state index contributed by atoms with van der Waals surface area (Å²) in [6, 6.07) is 10.7. The molecule has 0 saturated heterocycles. The normalized spacial score (nSPS) is 10.3. The highest BCUT2D eigenvalue weighted by atomic mass is 14.0. The van der Waals surface area contributed by atoms with Crippen molar-refractivity contribution in [3.63, 3.8) is 0 Å². The second-order valence-corrected chi connectivity index (χ2v) is 4.41. The van der Waals surface area contributed by atoms with E-state index >= 15 is 0 Å². The van der Waals surface area contributed by atoms with Gasteiger partial charge in [-0.2, -0.15) is 0 Å². The van der Waals surface area contributed by atoms with Crippen molar-refractivity contribution in [2.24, 2.45) is 0 Å². The van der Waals surface area contributed by atoms with Crippen molar-refractivity contribution in [1.29, 1.82) is 0 Å². The average Bonchev–Trinajstić information content (AvgIpc) is 2.34. The number of hydrogen-bond donors (Lipinski definition) is 0. The number of unbranched alkanes of at least 4 members (excludes halogenated alkanes) is 3. The van der Waals surface area contributed by atoms with Gasteiger partial charge in [-0.25, -0.2) is 0 Å². The topological polar surface area (TPSA) is 0 Å². The first-order valence-electron chi connectivity index (χ1n) is 6.47. The van der Waals surface area contributed by atoms with Gasteiger partial charge in [0.05, 0.1) is 0 Å². The molecule has 0 N–H and O–H groups in total. The van der Waals surface area contributed by atoms with Gasteiger partial charge >= 0.3 is 0 Å². The molecule has 0 saturated carbocycles. The van der Waals surface area contributed by atoms with E-state index in [0.717, 1.165) is 18.4 Å². The van der Waals surface area contributed by atoms with Crippen molar-refractivity contribution < 1.29 is 0 Å². The van der Waals surface area contributed by atoms with E-state index in [4.69, 9.17) is 6.58 Å². The van der Waals surface area contributed by atoms with Gasteiger partial charge in [0.15, 0.2) is 0 Å². The molecular weight excluding hydrogens is 192 g/mol. The Bertz CT molecular complexity index is 284. The SMILES string of the molecule is [CH]=C(CC)CCCCCCc1ccccc1. The van der Waals surface area contributed by atoms with Gasteiger partial charge in [0, 0.05) is 0 Å². The van der Waals surface area contributed by atoms with Gasteiger partial charge in [-0.05, 0) is 37.7 Å². The second kappa shape index (κ2) is 8.15. The van der Waals surface area contributed by atoms with Gasteiger partial charge in [-0.1, -0.05) is 62.2 Å². The van der Waals surface area contributed by atoms with Crippen molar-refractivity contribution in [3.05, 3.63) is 48.0 Å². The summed E-state index contributed by atoms with van der Waals surface area (Å²) in [5, 5.41) is 0. The van der Waals surface area contributed by atoms with Crippen LogP contribution in [0.15, 0.2) is 35.9 Å². The number of allylic oxidation sites excluding steroid dienone is 1. The lowest BCUT2D eigenvalue weighted by Crippen LogP contribution is -1.86. The standard InChI is InChI=1S/C16H23/c1-3-15(2)11-7-4-5-8-12-16-13-9-6-10-14-16/h2,6,9-10,13-14H,3-5,7-8,11-12H2,1H3. The fourth-order valence-electron chi connectivity index (χ4n) is 1.86. The van der Waals surface area contributed by atoms with E-state index in [0.29, 0.717) is 0 Å². The Kier molecular flexibility index (Phi) is 6.64. The largest absolute Gasteiger partial charge is 0.0705 e. The molecule has 1 radical (unpaired) electrons. The van der Waals surface area contributed by atoms with E-state index in [1.54, 1.807) is 0 Å². The molecule has 0 atom stereocenters.